The number of benzene rings is 1. The number of hydrogen-bond donors (Lipinski definition) is 3. The third kappa shape index (κ3) is 5.53. The van der Waals surface area contributed by atoms with E-state index in [4.69, 9.17) is 4.74 Å². The summed E-state index contributed by atoms with van der Waals surface area (Å²) in [6.07, 6.45) is 5.63. The number of carbonyl (C=O) groups excluding carboxylic acids is 3. The van der Waals surface area contributed by atoms with Crippen molar-refractivity contribution in [2.75, 3.05) is 13.7 Å². The standard InChI is InChI=1S/C24H31N3O6/c1-14(2)26-23(31)21(15-7-5-4-6-8-15)27(13-20(28)29)24(32)22(30)18-12-25-19-11-16(33-3)9-10-17(18)19/h9-12,14-15,21,25H,4-8,13H2,1-3H3,(H,26,31)(H,28,29)/t21-/m1/s1. The number of fused-ring (bicyclic) bond motifs is 1. The first kappa shape index (κ1) is 24.3. The van der Waals surface area contributed by atoms with Crippen molar-refractivity contribution < 1.29 is 29.0 Å². The maximum atomic E-state index is 13.4. The van der Waals surface area contributed by atoms with Crippen LogP contribution in [0.15, 0.2) is 24.4 Å². The fraction of sp³-hybridized carbons (Fsp3) is 0.500. The molecule has 0 radical (unpaired) electrons. The van der Waals surface area contributed by atoms with Crippen LogP contribution in [0, 0.1) is 5.92 Å². The molecule has 1 aliphatic rings. The van der Waals surface area contributed by atoms with Crippen molar-refractivity contribution in [1.82, 2.24) is 15.2 Å². The minimum Gasteiger partial charge on any atom is -0.497 e. The number of aromatic nitrogens is 1. The molecule has 9 heteroatoms. The van der Waals surface area contributed by atoms with Crippen molar-refractivity contribution in [3.63, 3.8) is 0 Å². The van der Waals surface area contributed by atoms with Gasteiger partial charge in [0.1, 0.15) is 18.3 Å². The van der Waals surface area contributed by atoms with Gasteiger partial charge in [-0.15, -0.1) is 0 Å². The van der Waals surface area contributed by atoms with E-state index in [-0.39, 0.29) is 17.5 Å². The number of carbonyl (C=O) groups is 4. The number of aromatic amines is 1. The predicted molar refractivity (Wildman–Crippen MR) is 122 cm³/mol. The van der Waals surface area contributed by atoms with Gasteiger partial charge in [-0.05, 0) is 44.7 Å². The van der Waals surface area contributed by atoms with Gasteiger partial charge in [-0.3, -0.25) is 19.2 Å². The summed E-state index contributed by atoms with van der Waals surface area (Å²) >= 11 is 0. The van der Waals surface area contributed by atoms with Gasteiger partial charge in [-0.25, -0.2) is 0 Å². The molecule has 1 saturated carbocycles. The fourth-order valence-electron chi connectivity index (χ4n) is 4.54. The number of amides is 2. The number of nitrogens with zero attached hydrogens (tertiary/aromatic N) is 1. The number of ether oxygens (including phenoxy) is 1. The summed E-state index contributed by atoms with van der Waals surface area (Å²) in [5.74, 6) is -3.18. The van der Waals surface area contributed by atoms with Crippen molar-refractivity contribution in [2.45, 2.75) is 58.0 Å². The van der Waals surface area contributed by atoms with E-state index in [1.807, 2.05) is 0 Å². The average molecular weight is 458 g/mol. The maximum absolute atomic E-state index is 13.4. The highest BCUT2D eigenvalue weighted by Gasteiger charge is 2.40. The summed E-state index contributed by atoms with van der Waals surface area (Å²) in [4.78, 5) is 55.4. The van der Waals surface area contributed by atoms with Crippen LogP contribution in [-0.4, -0.2) is 64.3 Å². The molecule has 1 aromatic heterocycles. The number of methoxy groups -OCH3 is 1. The van der Waals surface area contributed by atoms with Gasteiger partial charge in [0, 0.05) is 29.2 Å². The highest BCUT2D eigenvalue weighted by atomic mass is 16.5. The van der Waals surface area contributed by atoms with Crippen LogP contribution in [0.4, 0.5) is 0 Å². The Labute approximate surface area is 192 Å². The highest BCUT2D eigenvalue weighted by molar-refractivity contribution is 6.45. The fourth-order valence-corrected chi connectivity index (χ4v) is 4.54. The monoisotopic (exact) mass is 457 g/mol. The smallest absolute Gasteiger partial charge is 0.323 e. The molecule has 1 heterocycles. The molecule has 178 valence electrons. The molecule has 1 fully saturated rings. The van der Waals surface area contributed by atoms with E-state index in [0.29, 0.717) is 29.5 Å². The van der Waals surface area contributed by atoms with Crippen LogP contribution in [0.25, 0.3) is 10.9 Å². The van der Waals surface area contributed by atoms with Crippen LogP contribution in [0.3, 0.4) is 0 Å². The molecule has 1 aromatic carbocycles. The molecule has 0 unspecified atom stereocenters. The first-order valence-corrected chi connectivity index (χ1v) is 11.3. The predicted octanol–water partition coefficient (Wildman–Crippen LogP) is 2.75. The number of carboxylic acids is 1. The van der Waals surface area contributed by atoms with E-state index in [1.54, 1.807) is 32.0 Å². The topological polar surface area (TPSA) is 129 Å². The Balaban J connectivity index is 1.98. The van der Waals surface area contributed by atoms with Gasteiger partial charge in [-0.2, -0.15) is 0 Å². The van der Waals surface area contributed by atoms with Crippen molar-refractivity contribution in [1.29, 1.82) is 0 Å². The van der Waals surface area contributed by atoms with E-state index in [9.17, 15) is 24.3 Å². The van der Waals surface area contributed by atoms with Gasteiger partial charge in [0.2, 0.25) is 5.91 Å². The number of nitrogens with one attached hydrogen (secondary N) is 2. The molecular weight excluding hydrogens is 426 g/mol. The Kier molecular flexibility index (Phi) is 7.73. The lowest BCUT2D eigenvalue weighted by atomic mass is 9.82. The van der Waals surface area contributed by atoms with E-state index < -0.39 is 36.2 Å². The second-order valence-corrected chi connectivity index (χ2v) is 8.78. The second-order valence-electron chi connectivity index (χ2n) is 8.78. The van der Waals surface area contributed by atoms with Crippen LogP contribution < -0.4 is 10.1 Å². The Morgan fingerprint density at radius 2 is 1.88 bits per heavy atom. The molecule has 33 heavy (non-hydrogen) atoms. The average Bonchev–Trinajstić information content (AvgIpc) is 3.20. The van der Waals surface area contributed by atoms with E-state index >= 15 is 0 Å². The summed E-state index contributed by atoms with van der Waals surface area (Å²) < 4.78 is 5.19. The summed E-state index contributed by atoms with van der Waals surface area (Å²) in [5, 5.41) is 12.9. The van der Waals surface area contributed by atoms with Crippen molar-refractivity contribution in [3.8, 4) is 5.75 Å². The molecule has 2 amide bonds. The number of ketones is 1. The lowest BCUT2D eigenvalue weighted by Gasteiger charge is -2.37. The van der Waals surface area contributed by atoms with Crippen LogP contribution in [0.2, 0.25) is 0 Å². The number of rotatable bonds is 9. The molecule has 1 aliphatic carbocycles. The van der Waals surface area contributed by atoms with Crippen molar-refractivity contribution in [2.24, 2.45) is 5.92 Å². The number of H-pyrrole nitrogens is 1. The van der Waals surface area contributed by atoms with Gasteiger partial charge in [0.15, 0.2) is 0 Å². The minimum absolute atomic E-state index is 0.125. The van der Waals surface area contributed by atoms with E-state index in [2.05, 4.69) is 10.3 Å². The summed E-state index contributed by atoms with van der Waals surface area (Å²) in [6, 6.07) is 3.83. The zero-order valence-corrected chi connectivity index (χ0v) is 19.2. The van der Waals surface area contributed by atoms with Crippen LogP contribution in [0.1, 0.15) is 56.3 Å². The third-order valence-electron chi connectivity index (χ3n) is 6.03. The largest absolute Gasteiger partial charge is 0.497 e. The SMILES string of the molecule is COc1ccc2c(C(=O)C(=O)N(CC(=O)O)[C@@H](C(=O)NC(C)C)C3CCCCC3)c[nH]c2c1. The first-order chi connectivity index (χ1) is 15.7. The van der Waals surface area contributed by atoms with Crippen LogP contribution >= 0.6 is 0 Å². The third-order valence-corrected chi connectivity index (χ3v) is 6.03. The van der Waals surface area contributed by atoms with Gasteiger partial charge >= 0.3 is 5.97 Å². The molecule has 9 nitrogen and oxygen atoms in total. The molecule has 2 aromatic rings. The molecule has 1 atom stereocenters. The molecule has 3 rings (SSSR count). The van der Waals surface area contributed by atoms with Gasteiger partial charge in [-0.1, -0.05) is 19.3 Å². The number of Topliss-reactive ketones (excluding diaryl/α,β-unsaturated/α-hetero) is 1. The summed E-state index contributed by atoms with van der Waals surface area (Å²) in [7, 11) is 1.52. The van der Waals surface area contributed by atoms with Crippen LogP contribution in [0.5, 0.6) is 5.75 Å². The van der Waals surface area contributed by atoms with Crippen molar-refractivity contribution in [3.05, 3.63) is 30.0 Å². The molecule has 0 spiro atoms. The Morgan fingerprint density at radius 3 is 2.48 bits per heavy atom. The molecule has 0 saturated heterocycles. The van der Waals surface area contributed by atoms with Gasteiger partial charge < -0.3 is 25.0 Å². The quantitative estimate of drug-likeness (QED) is 0.392. The van der Waals surface area contributed by atoms with E-state index in [0.717, 1.165) is 24.2 Å². The van der Waals surface area contributed by atoms with Gasteiger partial charge in [0.05, 0.1) is 12.7 Å². The molecule has 3 N–H and O–H groups in total. The highest BCUT2D eigenvalue weighted by Crippen LogP contribution is 2.30. The number of carboxylic acid groups (broad SMARTS) is 1. The Bertz CT molecular complexity index is 1040. The maximum Gasteiger partial charge on any atom is 0.323 e. The normalized spacial score (nSPS) is 15.3. The Hall–Kier alpha value is -3.36. The Morgan fingerprint density at radius 1 is 1.18 bits per heavy atom. The summed E-state index contributed by atoms with van der Waals surface area (Å²) in [6.45, 7) is 2.86. The van der Waals surface area contributed by atoms with E-state index in [1.165, 1.54) is 13.3 Å². The minimum atomic E-state index is -1.28. The lowest BCUT2D eigenvalue weighted by molar-refractivity contribution is -0.148. The second kappa shape index (κ2) is 10.5. The van der Waals surface area contributed by atoms with Crippen LogP contribution in [-0.2, 0) is 14.4 Å². The molecule has 0 aliphatic heterocycles. The first-order valence-electron chi connectivity index (χ1n) is 11.3. The lowest BCUT2D eigenvalue weighted by Crippen LogP contribution is -2.57. The molecule has 0 bridgehead atoms. The van der Waals surface area contributed by atoms with Crippen molar-refractivity contribution >= 4 is 34.5 Å². The zero-order valence-electron chi connectivity index (χ0n) is 19.2. The zero-order chi connectivity index (χ0) is 24.1. The van der Waals surface area contributed by atoms with Gasteiger partial charge in [0.25, 0.3) is 11.7 Å². The summed E-state index contributed by atoms with van der Waals surface area (Å²) in [5.41, 5.74) is 0.733. The number of aliphatic carboxylic acids is 1. The number of hydrogen-bond acceptors (Lipinski definition) is 5. The molecular formula is C24H31N3O6.